The van der Waals surface area contributed by atoms with Gasteiger partial charge in [0.15, 0.2) is 0 Å². The fraction of sp³-hybridized carbons (Fsp3) is 0.600. The molecule has 2 fully saturated rings. The summed E-state index contributed by atoms with van der Waals surface area (Å²) in [4.78, 5) is 26.3. The van der Waals surface area contributed by atoms with E-state index in [1.165, 1.54) is 17.6 Å². The zero-order chi connectivity index (χ0) is 14.6. The number of rotatable bonds is 0. The van der Waals surface area contributed by atoms with E-state index >= 15 is 0 Å². The summed E-state index contributed by atoms with van der Waals surface area (Å²) < 4.78 is 0. The van der Waals surface area contributed by atoms with Gasteiger partial charge in [-0.3, -0.25) is 9.59 Å². The first kappa shape index (κ1) is 12.0. The molecule has 6 rings (SSSR count). The van der Waals surface area contributed by atoms with Gasteiger partial charge in [0.25, 0.3) is 0 Å². The van der Waals surface area contributed by atoms with Crippen LogP contribution in [0.25, 0.3) is 0 Å². The summed E-state index contributed by atoms with van der Waals surface area (Å²) in [5.74, 6) is 2.84. The molecule has 0 aromatic heterocycles. The van der Waals surface area contributed by atoms with Crippen LogP contribution in [-0.2, 0) is 9.59 Å². The molecule has 0 heterocycles. The Morgan fingerprint density at radius 3 is 1.68 bits per heavy atom. The first-order valence-corrected chi connectivity index (χ1v) is 8.88. The average Bonchev–Trinajstić information content (AvgIpc) is 3.29. The molecule has 0 aliphatic heterocycles. The number of carbonyl (C=O) groups is 2. The van der Waals surface area contributed by atoms with Gasteiger partial charge in [-0.1, -0.05) is 35.5 Å². The Morgan fingerprint density at radius 2 is 1.18 bits per heavy atom. The van der Waals surface area contributed by atoms with Crippen molar-refractivity contribution < 1.29 is 9.59 Å². The zero-order valence-corrected chi connectivity index (χ0v) is 12.6. The van der Waals surface area contributed by atoms with Gasteiger partial charge in [-0.15, -0.1) is 0 Å². The highest BCUT2D eigenvalue weighted by Crippen LogP contribution is 2.59. The van der Waals surface area contributed by atoms with E-state index in [4.69, 9.17) is 0 Å². The quantitative estimate of drug-likeness (QED) is 0.643. The molecule has 4 bridgehead atoms. The van der Waals surface area contributed by atoms with Crippen LogP contribution in [0, 0.1) is 47.3 Å². The lowest BCUT2D eigenvalue weighted by atomic mass is 9.58. The second-order valence-corrected chi connectivity index (χ2v) is 8.31. The summed E-state index contributed by atoms with van der Waals surface area (Å²) in [6.07, 6.45) is 13.1. The third kappa shape index (κ3) is 1.22. The molecule has 8 unspecified atom stereocenters. The van der Waals surface area contributed by atoms with Gasteiger partial charge in [-0.25, -0.2) is 0 Å². The third-order valence-electron chi connectivity index (χ3n) is 7.60. The van der Waals surface area contributed by atoms with Crippen LogP contribution in [-0.4, -0.2) is 11.6 Å². The van der Waals surface area contributed by atoms with Crippen LogP contribution in [0.2, 0.25) is 0 Å². The first-order chi connectivity index (χ1) is 10.7. The van der Waals surface area contributed by atoms with E-state index in [1.54, 1.807) is 0 Å². The number of ketones is 2. The highest BCUT2D eigenvalue weighted by molar-refractivity contribution is 6.01. The summed E-state index contributed by atoms with van der Waals surface area (Å²) in [7, 11) is 0. The van der Waals surface area contributed by atoms with Crippen LogP contribution in [0.15, 0.2) is 35.5 Å². The molecule has 0 N–H and O–H groups in total. The third-order valence-corrected chi connectivity index (χ3v) is 7.60. The van der Waals surface area contributed by atoms with Crippen molar-refractivity contribution in [2.45, 2.75) is 25.7 Å². The zero-order valence-electron chi connectivity index (χ0n) is 12.6. The Hall–Kier alpha value is -1.44. The number of Topliss-reactive ketones (excluding diaryl/α,β-unsaturated/α-hetero) is 2. The lowest BCUT2D eigenvalue weighted by molar-refractivity contribution is -0.148. The molecular formula is C20H20O2. The van der Waals surface area contributed by atoms with Crippen molar-refractivity contribution in [3.8, 4) is 0 Å². The minimum absolute atomic E-state index is 0.00741. The standard InChI is InChI=1S/C20H20O2/c21-19-15-7-13-9-1-2-10(5-9)14(13)8-16(15)20(22)18-12-4-3-11(6-12)17(18)19/h1-4,9-12,15-18H,5-8H2. The van der Waals surface area contributed by atoms with Crippen molar-refractivity contribution in [1.82, 2.24) is 0 Å². The molecule has 0 amide bonds. The Bertz CT molecular complexity index is 653. The van der Waals surface area contributed by atoms with E-state index < -0.39 is 0 Å². The highest BCUT2D eigenvalue weighted by Gasteiger charge is 2.60. The predicted molar refractivity (Wildman–Crippen MR) is 81.7 cm³/mol. The fourth-order valence-electron chi connectivity index (χ4n) is 6.71. The van der Waals surface area contributed by atoms with Crippen molar-refractivity contribution >= 4 is 11.6 Å². The summed E-state index contributed by atoms with van der Waals surface area (Å²) in [6.45, 7) is 0. The van der Waals surface area contributed by atoms with E-state index in [9.17, 15) is 9.59 Å². The molecule has 6 aliphatic carbocycles. The molecule has 112 valence electrons. The molecule has 2 nitrogen and oxygen atoms in total. The molecular weight excluding hydrogens is 272 g/mol. The molecule has 2 saturated carbocycles. The lowest BCUT2D eigenvalue weighted by Crippen LogP contribution is -2.50. The number of carbonyl (C=O) groups excluding carboxylic acids is 2. The Balaban J connectivity index is 1.42. The molecule has 0 saturated heterocycles. The van der Waals surface area contributed by atoms with Crippen molar-refractivity contribution in [3.05, 3.63) is 35.5 Å². The smallest absolute Gasteiger partial charge is 0.141 e. The van der Waals surface area contributed by atoms with E-state index in [2.05, 4.69) is 24.3 Å². The molecule has 0 aromatic carbocycles. The molecule has 0 aromatic rings. The largest absolute Gasteiger partial charge is 0.299 e. The van der Waals surface area contributed by atoms with Gasteiger partial charge in [-0.05, 0) is 49.4 Å². The maximum Gasteiger partial charge on any atom is 0.141 e. The average molecular weight is 292 g/mol. The normalized spacial score (nSPS) is 53.3. The van der Waals surface area contributed by atoms with Gasteiger partial charge >= 0.3 is 0 Å². The summed E-state index contributed by atoms with van der Waals surface area (Å²) >= 11 is 0. The van der Waals surface area contributed by atoms with Crippen molar-refractivity contribution in [1.29, 1.82) is 0 Å². The monoisotopic (exact) mass is 292 g/mol. The van der Waals surface area contributed by atoms with Gasteiger partial charge in [0.2, 0.25) is 0 Å². The molecule has 6 aliphatic rings. The first-order valence-electron chi connectivity index (χ1n) is 8.88. The number of hydrogen-bond donors (Lipinski definition) is 0. The van der Waals surface area contributed by atoms with E-state index in [0.717, 1.165) is 19.3 Å². The summed E-state index contributed by atoms with van der Waals surface area (Å²) in [5.41, 5.74) is 3.07. The van der Waals surface area contributed by atoms with E-state index in [-0.39, 0.29) is 23.7 Å². The minimum Gasteiger partial charge on any atom is -0.299 e. The van der Waals surface area contributed by atoms with Crippen LogP contribution in [0.5, 0.6) is 0 Å². The van der Waals surface area contributed by atoms with Crippen LogP contribution in [0.1, 0.15) is 25.7 Å². The minimum atomic E-state index is 0.00741. The maximum atomic E-state index is 13.1. The summed E-state index contributed by atoms with van der Waals surface area (Å²) in [6, 6.07) is 0. The highest BCUT2D eigenvalue weighted by atomic mass is 16.1. The molecule has 2 heteroatoms. The second kappa shape index (κ2) is 3.72. The topological polar surface area (TPSA) is 34.1 Å². The maximum absolute atomic E-state index is 13.1. The molecule has 8 atom stereocenters. The molecule has 0 spiro atoms. The molecule has 22 heavy (non-hydrogen) atoms. The van der Waals surface area contributed by atoms with Gasteiger partial charge in [-0.2, -0.15) is 0 Å². The van der Waals surface area contributed by atoms with Crippen molar-refractivity contribution in [2.24, 2.45) is 47.3 Å². The number of hydrogen-bond acceptors (Lipinski definition) is 2. The van der Waals surface area contributed by atoms with Crippen molar-refractivity contribution in [2.75, 3.05) is 0 Å². The number of fused-ring (bicyclic) bond motifs is 10. The lowest BCUT2D eigenvalue weighted by Gasteiger charge is -2.43. The SMILES string of the molecule is O=C1C2CC3=C(CC2C(=O)C2C4C=CC(C4)C12)C1C=CC3C1. The second-order valence-electron chi connectivity index (χ2n) is 8.31. The van der Waals surface area contributed by atoms with Gasteiger partial charge < -0.3 is 0 Å². The van der Waals surface area contributed by atoms with Gasteiger partial charge in [0.05, 0.1) is 0 Å². The Labute approximate surface area is 130 Å². The van der Waals surface area contributed by atoms with Crippen LogP contribution in [0.3, 0.4) is 0 Å². The van der Waals surface area contributed by atoms with Gasteiger partial charge in [0, 0.05) is 23.7 Å². The van der Waals surface area contributed by atoms with Crippen LogP contribution >= 0.6 is 0 Å². The summed E-state index contributed by atoms with van der Waals surface area (Å²) in [5, 5.41) is 0. The van der Waals surface area contributed by atoms with E-state index in [1.807, 2.05) is 0 Å². The molecule has 0 radical (unpaired) electrons. The fourth-order valence-corrected chi connectivity index (χ4v) is 6.71. The van der Waals surface area contributed by atoms with Crippen LogP contribution in [0.4, 0.5) is 0 Å². The Morgan fingerprint density at radius 1 is 0.682 bits per heavy atom. The Kier molecular flexibility index (Phi) is 2.04. The van der Waals surface area contributed by atoms with E-state index in [0.29, 0.717) is 35.2 Å². The number of allylic oxidation sites excluding steroid dienone is 6. The predicted octanol–water partition coefficient (Wildman–Crippen LogP) is 3.11. The van der Waals surface area contributed by atoms with Crippen molar-refractivity contribution in [3.63, 3.8) is 0 Å². The van der Waals surface area contributed by atoms with Crippen LogP contribution < -0.4 is 0 Å². The van der Waals surface area contributed by atoms with Gasteiger partial charge in [0.1, 0.15) is 11.6 Å².